The van der Waals surface area contributed by atoms with E-state index in [-0.39, 0.29) is 41.7 Å². The second-order valence-corrected chi connectivity index (χ2v) is 10.7. The highest BCUT2D eigenvalue weighted by molar-refractivity contribution is 6.30. The van der Waals surface area contributed by atoms with Crippen molar-refractivity contribution in [1.82, 2.24) is 10.2 Å². The molecule has 3 atom stereocenters. The summed E-state index contributed by atoms with van der Waals surface area (Å²) in [6.45, 7) is 5.77. The van der Waals surface area contributed by atoms with E-state index < -0.39 is 40.9 Å². The Morgan fingerprint density at radius 1 is 1.14 bits per heavy atom. The maximum Gasteiger partial charge on any atom is 0.254 e. The second-order valence-electron chi connectivity index (χ2n) is 10.3. The fourth-order valence-electron chi connectivity index (χ4n) is 4.84. The molecular weight excluding hydrogens is 504 g/mol. The van der Waals surface area contributed by atoms with Crippen LogP contribution in [0.15, 0.2) is 36.4 Å². The molecule has 0 unspecified atom stereocenters. The van der Waals surface area contributed by atoms with E-state index in [0.29, 0.717) is 24.0 Å². The van der Waals surface area contributed by atoms with E-state index in [1.807, 2.05) is 6.92 Å². The minimum absolute atomic E-state index is 0.0196. The van der Waals surface area contributed by atoms with Crippen LogP contribution in [-0.4, -0.2) is 47.9 Å². The van der Waals surface area contributed by atoms with Crippen molar-refractivity contribution in [3.8, 4) is 0 Å². The maximum atomic E-state index is 14.8. The molecule has 10 heteroatoms. The fraction of sp³-hybridized carbons (Fsp3) is 0.444. The van der Waals surface area contributed by atoms with Gasteiger partial charge in [0.25, 0.3) is 5.91 Å². The van der Waals surface area contributed by atoms with Crippen LogP contribution in [0.25, 0.3) is 0 Å². The molecule has 0 aromatic heterocycles. The van der Waals surface area contributed by atoms with Gasteiger partial charge in [-0.25, -0.2) is 8.78 Å². The average Bonchev–Trinajstić information content (AvgIpc) is 3.20. The Morgan fingerprint density at radius 2 is 1.84 bits per heavy atom. The van der Waals surface area contributed by atoms with Gasteiger partial charge in [-0.05, 0) is 63.4 Å². The standard InChI is InChI=1S/C27H30ClF2N3O4/c1-14-7-8-22(33(14)25(35)15-5-4-6-17(9-15)27(2,3)26(31)36)24(34)32-23(16-12-37-13-16)18-10-21(30)19(28)11-20(18)29/h4-6,9-11,14,16,22-23H,7-8,12-13H2,1-3H3,(H2,31,36)(H,32,34)/t14-,22-,23-/m1/s1. The lowest BCUT2D eigenvalue weighted by Crippen LogP contribution is -2.51. The molecule has 0 aliphatic carbocycles. The molecule has 2 heterocycles. The van der Waals surface area contributed by atoms with Crippen molar-refractivity contribution in [2.45, 2.75) is 57.2 Å². The number of carbonyl (C=O) groups excluding carboxylic acids is 3. The Balaban J connectivity index is 1.60. The van der Waals surface area contributed by atoms with Crippen LogP contribution in [0.5, 0.6) is 0 Å². The minimum atomic E-state index is -0.986. The SMILES string of the molecule is C[C@@H]1CC[C@H](C(=O)N[C@@H](c2cc(F)c(Cl)cc2F)C2COC2)N1C(=O)c1cccc(C(C)(C)C(N)=O)c1. The van der Waals surface area contributed by atoms with Crippen LogP contribution in [0, 0.1) is 17.6 Å². The molecule has 4 rings (SSSR count). The maximum absolute atomic E-state index is 14.8. The van der Waals surface area contributed by atoms with E-state index in [0.717, 1.165) is 12.1 Å². The first-order valence-corrected chi connectivity index (χ1v) is 12.5. The summed E-state index contributed by atoms with van der Waals surface area (Å²) in [7, 11) is 0. The molecule has 3 amide bonds. The first-order chi connectivity index (χ1) is 17.4. The van der Waals surface area contributed by atoms with Gasteiger partial charge in [-0.1, -0.05) is 23.7 Å². The third-order valence-electron chi connectivity index (χ3n) is 7.46. The van der Waals surface area contributed by atoms with Crippen LogP contribution in [0.1, 0.15) is 61.1 Å². The zero-order valence-electron chi connectivity index (χ0n) is 20.9. The molecule has 198 valence electrons. The summed E-state index contributed by atoms with van der Waals surface area (Å²) in [5.74, 6) is -3.12. The summed E-state index contributed by atoms with van der Waals surface area (Å²) < 4.78 is 34.2. The third kappa shape index (κ3) is 5.20. The largest absolute Gasteiger partial charge is 0.381 e. The van der Waals surface area contributed by atoms with E-state index in [4.69, 9.17) is 22.1 Å². The molecular formula is C27H30ClF2N3O4. The zero-order valence-corrected chi connectivity index (χ0v) is 21.6. The summed E-state index contributed by atoms with van der Waals surface area (Å²) in [4.78, 5) is 40.5. The Morgan fingerprint density at radius 3 is 2.46 bits per heavy atom. The van der Waals surface area contributed by atoms with E-state index >= 15 is 0 Å². The van der Waals surface area contributed by atoms with Gasteiger partial charge in [0.2, 0.25) is 11.8 Å². The van der Waals surface area contributed by atoms with Gasteiger partial charge in [0, 0.05) is 23.1 Å². The van der Waals surface area contributed by atoms with Crippen LogP contribution in [0.2, 0.25) is 5.02 Å². The number of hydrogen-bond acceptors (Lipinski definition) is 4. The summed E-state index contributed by atoms with van der Waals surface area (Å²) in [6, 6.07) is 6.64. The Labute approximate surface area is 219 Å². The van der Waals surface area contributed by atoms with Crippen molar-refractivity contribution >= 4 is 29.3 Å². The van der Waals surface area contributed by atoms with Crippen LogP contribution in [0.3, 0.4) is 0 Å². The molecule has 2 fully saturated rings. The number of benzene rings is 2. The van der Waals surface area contributed by atoms with Gasteiger partial charge in [-0.3, -0.25) is 14.4 Å². The van der Waals surface area contributed by atoms with Gasteiger partial charge in [0.15, 0.2) is 0 Å². The van der Waals surface area contributed by atoms with Crippen molar-refractivity contribution in [3.63, 3.8) is 0 Å². The van der Waals surface area contributed by atoms with Gasteiger partial charge in [-0.15, -0.1) is 0 Å². The minimum Gasteiger partial charge on any atom is -0.381 e. The van der Waals surface area contributed by atoms with Gasteiger partial charge >= 0.3 is 0 Å². The van der Waals surface area contributed by atoms with Gasteiger partial charge in [0.05, 0.1) is 29.7 Å². The molecule has 0 saturated carbocycles. The number of halogens is 3. The first kappa shape index (κ1) is 27.0. The Kier molecular flexibility index (Phi) is 7.57. The number of ether oxygens (including phenoxy) is 1. The lowest BCUT2D eigenvalue weighted by Gasteiger charge is -2.36. The molecule has 0 bridgehead atoms. The van der Waals surface area contributed by atoms with Crippen molar-refractivity contribution in [2.75, 3.05) is 13.2 Å². The van der Waals surface area contributed by atoms with Crippen LogP contribution >= 0.6 is 11.6 Å². The van der Waals surface area contributed by atoms with E-state index in [9.17, 15) is 23.2 Å². The predicted molar refractivity (Wildman–Crippen MR) is 134 cm³/mol. The molecule has 0 radical (unpaired) electrons. The second kappa shape index (κ2) is 10.4. The number of hydrogen-bond donors (Lipinski definition) is 2. The molecule has 37 heavy (non-hydrogen) atoms. The summed E-state index contributed by atoms with van der Waals surface area (Å²) in [5.41, 5.74) is 5.45. The Bertz CT molecular complexity index is 1230. The van der Waals surface area contributed by atoms with Crippen LogP contribution < -0.4 is 11.1 Å². The number of amides is 3. The summed E-state index contributed by atoms with van der Waals surface area (Å²) in [6.07, 6.45) is 1.01. The summed E-state index contributed by atoms with van der Waals surface area (Å²) >= 11 is 5.72. The van der Waals surface area contributed by atoms with Crippen LogP contribution in [0.4, 0.5) is 8.78 Å². The lowest BCUT2D eigenvalue weighted by atomic mass is 9.83. The smallest absolute Gasteiger partial charge is 0.254 e. The molecule has 7 nitrogen and oxygen atoms in total. The number of carbonyl (C=O) groups is 3. The molecule has 2 aromatic carbocycles. The quantitative estimate of drug-likeness (QED) is 0.527. The van der Waals surface area contributed by atoms with Crippen molar-refractivity contribution in [1.29, 1.82) is 0 Å². The topological polar surface area (TPSA) is 102 Å². The number of nitrogens with two attached hydrogens (primary N) is 1. The molecule has 3 N–H and O–H groups in total. The van der Waals surface area contributed by atoms with Crippen LogP contribution in [-0.2, 0) is 19.7 Å². The average molecular weight is 534 g/mol. The van der Waals surface area contributed by atoms with Gasteiger partial charge in [0.1, 0.15) is 17.7 Å². The highest BCUT2D eigenvalue weighted by Gasteiger charge is 2.42. The number of rotatable bonds is 7. The first-order valence-electron chi connectivity index (χ1n) is 12.2. The molecule has 2 saturated heterocycles. The van der Waals surface area contributed by atoms with Crippen molar-refractivity contribution in [3.05, 3.63) is 69.7 Å². The highest BCUT2D eigenvalue weighted by atomic mass is 35.5. The monoisotopic (exact) mass is 533 g/mol. The molecule has 2 aliphatic heterocycles. The highest BCUT2D eigenvalue weighted by Crippen LogP contribution is 2.34. The normalized spacial score (nSPS) is 20.9. The fourth-order valence-corrected chi connectivity index (χ4v) is 4.99. The summed E-state index contributed by atoms with van der Waals surface area (Å²) in [5, 5.41) is 2.50. The van der Waals surface area contributed by atoms with Gasteiger partial charge in [-0.2, -0.15) is 0 Å². The number of nitrogens with zero attached hydrogens (tertiary/aromatic N) is 1. The number of likely N-dealkylation sites (tertiary alicyclic amines) is 1. The number of nitrogens with one attached hydrogen (secondary N) is 1. The van der Waals surface area contributed by atoms with Gasteiger partial charge < -0.3 is 20.7 Å². The zero-order chi connectivity index (χ0) is 27.1. The Hall–Kier alpha value is -3.04. The van der Waals surface area contributed by atoms with E-state index in [1.54, 1.807) is 38.1 Å². The molecule has 2 aliphatic rings. The predicted octanol–water partition coefficient (Wildman–Crippen LogP) is 3.88. The van der Waals surface area contributed by atoms with Crippen molar-refractivity contribution in [2.24, 2.45) is 11.7 Å². The lowest BCUT2D eigenvalue weighted by molar-refractivity contribution is -0.128. The van der Waals surface area contributed by atoms with E-state index in [1.165, 1.54) is 4.90 Å². The number of primary amides is 1. The van der Waals surface area contributed by atoms with E-state index in [2.05, 4.69) is 5.32 Å². The third-order valence-corrected chi connectivity index (χ3v) is 7.75. The molecule has 0 spiro atoms. The van der Waals surface area contributed by atoms with Crippen molar-refractivity contribution < 1.29 is 27.9 Å². The molecule has 2 aromatic rings.